The van der Waals surface area contributed by atoms with Gasteiger partial charge in [-0.3, -0.25) is 0 Å². The molecule has 0 spiro atoms. The minimum atomic E-state index is 0.308. The number of fused-ring (bicyclic) bond motifs is 1. The van der Waals surface area contributed by atoms with Gasteiger partial charge in [-0.15, -0.1) is 0 Å². The summed E-state index contributed by atoms with van der Waals surface area (Å²) in [5, 5.41) is 0. The van der Waals surface area contributed by atoms with Crippen molar-refractivity contribution in [3.8, 4) is 0 Å². The molecule has 2 aromatic carbocycles. The van der Waals surface area contributed by atoms with Gasteiger partial charge in [-0.1, -0.05) is 42.0 Å². The van der Waals surface area contributed by atoms with Crippen LogP contribution in [0.1, 0.15) is 35.6 Å². The largest absolute Gasteiger partial charge is 0.364 e. The Morgan fingerprint density at radius 3 is 2.67 bits per heavy atom. The second kappa shape index (κ2) is 6.13. The molecule has 0 aliphatic carbocycles. The molecule has 1 atom stereocenters. The molecule has 21 heavy (non-hydrogen) atoms. The number of aryl methyl sites for hydroxylation is 1. The van der Waals surface area contributed by atoms with Crippen LogP contribution in [0.3, 0.4) is 0 Å². The van der Waals surface area contributed by atoms with Crippen LogP contribution in [0.25, 0.3) is 0 Å². The van der Waals surface area contributed by atoms with Crippen molar-refractivity contribution in [2.24, 2.45) is 0 Å². The Bertz CT molecular complexity index is 618. The Hall–Kier alpha value is -2.09. The van der Waals surface area contributed by atoms with Crippen molar-refractivity contribution < 1.29 is 4.79 Å². The van der Waals surface area contributed by atoms with Crippen LogP contribution in [0, 0.1) is 6.92 Å². The lowest BCUT2D eigenvalue weighted by Gasteiger charge is -2.39. The maximum Gasteiger partial charge on any atom is 0.120 e. The van der Waals surface area contributed by atoms with Gasteiger partial charge in [0, 0.05) is 18.7 Å². The fourth-order valence-corrected chi connectivity index (χ4v) is 3.23. The molecule has 108 valence electrons. The summed E-state index contributed by atoms with van der Waals surface area (Å²) in [5.41, 5.74) is 5.34. The normalized spacial score (nSPS) is 17.4. The molecule has 0 radical (unpaired) electrons. The molecule has 0 saturated heterocycles. The monoisotopic (exact) mass is 279 g/mol. The van der Waals surface area contributed by atoms with Crippen molar-refractivity contribution in [1.29, 1.82) is 0 Å². The highest BCUT2D eigenvalue weighted by Gasteiger charge is 2.26. The second-order valence-corrected chi connectivity index (χ2v) is 5.74. The lowest BCUT2D eigenvalue weighted by molar-refractivity contribution is -0.108. The van der Waals surface area contributed by atoms with Crippen LogP contribution in [0.4, 0.5) is 5.69 Å². The number of carbonyl (C=O) groups is 1. The third-order valence-corrected chi connectivity index (χ3v) is 4.34. The molecule has 1 aliphatic rings. The standard InChI is InChI=1S/C19H21NO/c1-15-8-10-17(11-9-15)20-13-12-16-5-2-3-6-18(16)19(20)7-4-14-21/h2-3,5-6,8-11,14,19H,4,7,12-13H2,1H3. The molecule has 0 N–H and O–H groups in total. The summed E-state index contributed by atoms with van der Waals surface area (Å²) >= 11 is 0. The van der Waals surface area contributed by atoms with Gasteiger partial charge < -0.3 is 9.69 Å². The molecule has 0 aromatic heterocycles. The zero-order valence-electron chi connectivity index (χ0n) is 12.5. The molecule has 2 heteroatoms. The fraction of sp³-hybridized carbons (Fsp3) is 0.316. The van der Waals surface area contributed by atoms with Crippen molar-refractivity contribution in [2.75, 3.05) is 11.4 Å². The minimum Gasteiger partial charge on any atom is -0.364 e. The molecule has 1 unspecified atom stereocenters. The Labute approximate surface area is 126 Å². The van der Waals surface area contributed by atoms with Crippen LogP contribution >= 0.6 is 0 Å². The van der Waals surface area contributed by atoms with E-state index in [-0.39, 0.29) is 0 Å². The molecule has 0 bridgehead atoms. The minimum absolute atomic E-state index is 0.308. The first kappa shape index (κ1) is 13.9. The van der Waals surface area contributed by atoms with Crippen LogP contribution in [0.5, 0.6) is 0 Å². The summed E-state index contributed by atoms with van der Waals surface area (Å²) in [7, 11) is 0. The van der Waals surface area contributed by atoms with Crippen LogP contribution in [0.2, 0.25) is 0 Å². The van der Waals surface area contributed by atoms with Gasteiger partial charge in [0.25, 0.3) is 0 Å². The Morgan fingerprint density at radius 1 is 1.14 bits per heavy atom. The number of benzene rings is 2. The van der Waals surface area contributed by atoms with E-state index in [9.17, 15) is 4.79 Å². The van der Waals surface area contributed by atoms with Gasteiger partial charge in [-0.2, -0.15) is 0 Å². The van der Waals surface area contributed by atoms with Crippen LogP contribution in [-0.4, -0.2) is 12.8 Å². The number of hydrogen-bond acceptors (Lipinski definition) is 2. The quantitative estimate of drug-likeness (QED) is 0.786. The highest BCUT2D eigenvalue weighted by Crippen LogP contribution is 2.36. The zero-order chi connectivity index (χ0) is 14.7. The molecular formula is C19H21NO. The molecule has 3 rings (SSSR count). The van der Waals surface area contributed by atoms with Gasteiger partial charge in [0.1, 0.15) is 6.29 Å². The first-order chi connectivity index (χ1) is 10.3. The summed E-state index contributed by atoms with van der Waals surface area (Å²) in [6, 6.07) is 17.7. The molecule has 0 amide bonds. The van der Waals surface area contributed by atoms with E-state index in [0.717, 1.165) is 25.7 Å². The van der Waals surface area contributed by atoms with E-state index in [1.54, 1.807) is 0 Å². The Kier molecular flexibility index (Phi) is 4.05. The predicted molar refractivity (Wildman–Crippen MR) is 86.7 cm³/mol. The van der Waals surface area contributed by atoms with E-state index in [0.29, 0.717) is 12.5 Å². The summed E-state index contributed by atoms with van der Waals surface area (Å²) in [6.45, 7) is 3.13. The third kappa shape index (κ3) is 2.85. The summed E-state index contributed by atoms with van der Waals surface area (Å²) in [5.74, 6) is 0. The average Bonchev–Trinajstić information content (AvgIpc) is 2.53. The maximum absolute atomic E-state index is 10.8. The number of rotatable bonds is 4. The highest BCUT2D eigenvalue weighted by molar-refractivity contribution is 5.54. The summed E-state index contributed by atoms with van der Waals surface area (Å²) in [4.78, 5) is 13.3. The van der Waals surface area contributed by atoms with Gasteiger partial charge in [0.05, 0.1) is 6.04 Å². The lowest BCUT2D eigenvalue weighted by Crippen LogP contribution is -2.35. The first-order valence-corrected chi connectivity index (χ1v) is 7.64. The summed E-state index contributed by atoms with van der Waals surface area (Å²) < 4.78 is 0. The molecule has 0 saturated carbocycles. The maximum atomic E-state index is 10.8. The third-order valence-electron chi connectivity index (χ3n) is 4.34. The van der Waals surface area contributed by atoms with Crippen molar-refractivity contribution in [2.45, 2.75) is 32.2 Å². The van der Waals surface area contributed by atoms with Crippen molar-refractivity contribution >= 4 is 12.0 Å². The van der Waals surface area contributed by atoms with Crippen molar-refractivity contribution in [1.82, 2.24) is 0 Å². The van der Waals surface area contributed by atoms with Gasteiger partial charge in [0.15, 0.2) is 0 Å². The molecule has 2 aromatic rings. The molecule has 2 nitrogen and oxygen atoms in total. The van der Waals surface area contributed by atoms with Crippen LogP contribution < -0.4 is 4.90 Å². The summed E-state index contributed by atoms with van der Waals surface area (Å²) in [6.07, 6.45) is 3.60. The van der Waals surface area contributed by atoms with E-state index < -0.39 is 0 Å². The fourth-order valence-electron chi connectivity index (χ4n) is 3.23. The highest BCUT2D eigenvalue weighted by atomic mass is 16.1. The van der Waals surface area contributed by atoms with E-state index in [4.69, 9.17) is 0 Å². The number of aldehydes is 1. The first-order valence-electron chi connectivity index (χ1n) is 7.64. The van der Waals surface area contributed by atoms with E-state index >= 15 is 0 Å². The van der Waals surface area contributed by atoms with Gasteiger partial charge in [-0.05, 0) is 43.0 Å². The topological polar surface area (TPSA) is 20.3 Å². The number of hydrogen-bond donors (Lipinski definition) is 0. The van der Waals surface area contributed by atoms with Crippen LogP contribution in [-0.2, 0) is 11.2 Å². The smallest absolute Gasteiger partial charge is 0.120 e. The number of nitrogens with zero attached hydrogens (tertiary/aromatic N) is 1. The van der Waals surface area contributed by atoms with E-state index in [1.807, 2.05) is 0 Å². The van der Waals surface area contributed by atoms with E-state index in [1.165, 1.54) is 22.4 Å². The molecule has 0 fully saturated rings. The van der Waals surface area contributed by atoms with Gasteiger partial charge >= 0.3 is 0 Å². The van der Waals surface area contributed by atoms with Crippen LogP contribution in [0.15, 0.2) is 48.5 Å². The zero-order valence-corrected chi connectivity index (χ0v) is 12.5. The lowest BCUT2D eigenvalue weighted by atomic mass is 9.89. The molecule has 1 heterocycles. The van der Waals surface area contributed by atoms with E-state index in [2.05, 4.69) is 60.4 Å². The van der Waals surface area contributed by atoms with Gasteiger partial charge in [0.2, 0.25) is 0 Å². The Morgan fingerprint density at radius 2 is 1.90 bits per heavy atom. The number of anilines is 1. The van der Waals surface area contributed by atoms with Crippen molar-refractivity contribution in [3.63, 3.8) is 0 Å². The van der Waals surface area contributed by atoms with Crippen molar-refractivity contribution in [3.05, 3.63) is 65.2 Å². The average molecular weight is 279 g/mol. The SMILES string of the molecule is Cc1ccc(N2CCc3ccccc3C2CCC=O)cc1. The van der Waals surface area contributed by atoms with Gasteiger partial charge in [-0.25, -0.2) is 0 Å². The predicted octanol–water partition coefficient (Wildman–Crippen LogP) is 4.08. The molecular weight excluding hydrogens is 258 g/mol. The Balaban J connectivity index is 1.96. The molecule has 1 aliphatic heterocycles. The number of carbonyl (C=O) groups excluding carboxylic acids is 1. The second-order valence-electron chi connectivity index (χ2n) is 5.74.